The minimum atomic E-state index is -0.164. The van der Waals surface area contributed by atoms with Gasteiger partial charge in [0, 0.05) is 24.2 Å². The molecule has 0 atom stereocenters. The smallest absolute Gasteiger partial charge is 0.213 e. The number of fused-ring (bicyclic) bond motifs is 1. The maximum Gasteiger partial charge on any atom is 0.213 e. The molecule has 0 fully saturated rings. The van der Waals surface area contributed by atoms with E-state index in [1.54, 1.807) is 30.6 Å². The lowest BCUT2D eigenvalue weighted by atomic mass is 10.00. The molecule has 2 heterocycles. The second kappa shape index (κ2) is 13.1. The minimum Gasteiger partial charge on any atom is -0.505 e. The number of nitrogens with one attached hydrogen (secondary N) is 1. The summed E-state index contributed by atoms with van der Waals surface area (Å²) >= 11 is 12.3. The van der Waals surface area contributed by atoms with E-state index >= 15 is 0 Å². The molecule has 196 valence electrons. The summed E-state index contributed by atoms with van der Waals surface area (Å²) in [7, 11) is 3.96. The number of nitrogens with zero attached hydrogens (tertiary/aromatic N) is 3. The van der Waals surface area contributed by atoms with Crippen molar-refractivity contribution in [2.45, 2.75) is 6.92 Å². The van der Waals surface area contributed by atoms with Gasteiger partial charge in [-0.25, -0.2) is 4.98 Å². The fraction of sp³-hybridized carbons (Fsp3) is 0.192. The third kappa shape index (κ3) is 7.15. The van der Waals surface area contributed by atoms with Gasteiger partial charge in [-0.05, 0) is 62.5 Å². The van der Waals surface area contributed by atoms with Crippen molar-refractivity contribution in [3.8, 4) is 22.8 Å². The van der Waals surface area contributed by atoms with Crippen molar-refractivity contribution in [2.75, 3.05) is 32.6 Å². The van der Waals surface area contributed by atoms with E-state index in [0.29, 0.717) is 34.9 Å². The van der Waals surface area contributed by atoms with E-state index in [1.165, 1.54) is 6.92 Å². The number of carbonyl (C=O) groups excluding carboxylic acids is 1. The molecular formula is C26H26Cl4N4O3. The van der Waals surface area contributed by atoms with Crippen molar-refractivity contribution in [3.63, 3.8) is 0 Å². The van der Waals surface area contributed by atoms with Crippen LogP contribution in [0.4, 0.5) is 11.4 Å². The van der Waals surface area contributed by atoms with Gasteiger partial charge < -0.3 is 20.1 Å². The molecule has 2 aromatic carbocycles. The van der Waals surface area contributed by atoms with Gasteiger partial charge in [-0.1, -0.05) is 29.3 Å². The van der Waals surface area contributed by atoms with Crippen molar-refractivity contribution < 1.29 is 14.6 Å². The molecule has 2 N–H and O–H groups in total. The number of benzene rings is 2. The second-order valence-electron chi connectivity index (χ2n) is 8.29. The highest BCUT2D eigenvalue weighted by Crippen LogP contribution is 2.38. The van der Waals surface area contributed by atoms with Gasteiger partial charge in [-0.3, -0.25) is 9.78 Å². The molecule has 0 amide bonds. The Morgan fingerprint density at radius 1 is 1.00 bits per heavy atom. The van der Waals surface area contributed by atoms with Crippen LogP contribution in [0.15, 0.2) is 54.9 Å². The third-order valence-electron chi connectivity index (χ3n) is 5.39. The number of hydrogen-bond donors (Lipinski definition) is 2. The van der Waals surface area contributed by atoms with Crippen LogP contribution in [0.2, 0.25) is 10.0 Å². The van der Waals surface area contributed by atoms with Crippen LogP contribution in [0.25, 0.3) is 22.0 Å². The number of carbonyl (C=O) groups is 1. The summed E-state index contributed by atoms with van der Waals surface area (Å²) in [6, 6.07) is 12.5. The topological polar surface area (TPSA) is 87.6 Å². The Morgan fingerprint density at radius 3 is 2.30 bits per heavy atom. The van der Waals surface area contributed by atoms with E-state index in [1.807, 2.05) is 43.3 Å². The summed E-state index contributed by atoms with van der Waals surface area (Å²) in [5, 5.41) is 14.3. The monoisotopic (exact) mass is 582 g/mol. The van der Waals surface area contributed by atoms with Gasteiger partial charge in [-0.2, -0.15) is 0 Å². The van der Waals surface area contributed by atoms with Gasteiger partial charge >= 0.3 is 0 Å². The Bertz CT molecular complexity index is 1380. The van der Waals surface area contributed by atoms with E-state index in [0.717, 1.165) is 23.1 Å². The number of pyridine rings is 2. The molecule has 0 saturated heterocycles. The number of ketones is 1. The summed E-state index contributed by atoms with van der Waals surface area (Å²) in [6.07, 6.45) is 3.22. The van der Waals surface area contributed by atoms with Gasteiger partial charge in [0.05, 0.1) is 38.7 Å². The highest BCUT2D eigenvalue weighted by molar-refractivity contribution is 6.37. The van der Waals surface area contributed by atoms with Crippen molar-refractivity contribution >= 4 is 76.1 Å². The summed E-state index contributed by atoms with van der Waals surface area (Å²) in [4.78, 5) is 23.3. The minimum absolute atomic E-state index is 0. The number of aromatic hydroxyl groups is 1. The van der Waals surface area contributed by atoms with Crippen LogP contribution in [0.3, 0.4) is 0 Å². The number of anilines is 2. The van der Waals surface area contributed by atoms with Crippen LogP contribution in [-0.4, -0.2) is 53.0 Å². The molecule has 0 spiro atoms. The zero-order valence-corrected chi connectivity index (χ0v) is 23.4. The fourth-order valence-corrected chi connectivity index (χ4v) is 4.01. The number of rotatable bonds is 8. The van der Waals surface area contributed by atoms with E-state index in [4.69, 9.17) is 27.9 Å². The lowest BCUT2D eigenvalue weighted by molar-refractivity contribution is 0.101. The number of ether oxygens (including phenoxy) is 1. The van der Waals surface area contributed by atoms with Crippen LogP contribution in [0.1, 0.15) is 17.3 Å². The number of Topliss-reactive ketones (excluding diaryl/α,β-unsaturated/α-hetero) is 1. The Balaban J connectivity index is 0.00000241. The highest BCUT2D eigenvalue weighted by atomic mass is 35.5. The maximum absolute atomic E-state index is 12.4. The summed E-state index contributed by atoms with van der Waals surface area (Å²) < 4.78 is 5.66. The zero-order valence-electron chi connectivity index (χ0n) is 20.3. The molecule has 0 aliphatic rings. The summed E-state index contributed by atoms with van der Waals surface area (Å²) in [5.41, 5.74) is 3.98. The predicted octanol–water partition coefficient (Wildman–Crippen LogP) is 7.04. The molecule has 11 heteroatoms. The molecule has 0 unspecified atom stereocenters. The van der Waals surface area contributed by atoms with Gasteiger partial charge in [-0.15, -0.1) is 24.8 Å². The first-order valence-electron chi connectivity index (χ1n) is 10.9. The van der Waals surface area contributed by atoms with Crippen molar-refractivity contribution in [2.24, 2.45) is 0 Å². The van der Waals surface area contributed by atoms with Crippen LogP contribution in [-0.2, 0) is 0 Å². The first-order valence-corrected chi connectivity index (χ1v) is 11.6. The molecule has 0 aliphatic carbocycles. The lowest BCUT2D eigenvalue weighted by Gasteiger charge is -2.15. The predicted molar refractivity (Wildman–Crippen MR) is 155 cm³/mol. The molecule has 0 bridgehead atoms. The zero-order chi connectivity index (χ0) is 25.1. The number of phenolic OH excluding ortho intramolecular Hbond substituents is 1. The maximum atomic E-state index is 12.4. The first kappa shape index (κ1) is 30.4. The molecule has 0 saturated carbocycles. The highest BCUT2D eigenvalue weighted by Gasteiger charge is 2.15. The Hall–Kier alpha value is -2.81. The average Bonchev–Trinajstić information content (AvgIpc) is 2.82. The number of aromatic nitrogens is 2. The van der Waals surface area contributed by atoms with E-state index in [-0.39, 0.29) is 46.4 Å². The van der Waals surface area contributed by atoms with Crippen molar-refractivity contribution in [1.82, 2.24) is 14.9 Å². The van der Waals surface area contributed by atoms with E-state index in [2.05, 4.69) is 15.3 Å². The molecule has 2 aromatic heterocycles. The van der Waals surface area contributed by atoms with Crippen LogP contribution in [0.5, 0.6) is 11.6 Å². The van der Waals surface area contributed by atoms with Crippen molar-refractivity contribution in [3.05, 3.63) is 70.5 Å². The summed E-state index contributed by atoms with van der Waals surface area (Å²) in [6.45, 7) is 2.81. The van der Waals surface area contributed by atoms with Crippen LogP contribution >= 0.6 is 48.0 Å². The molecule has 37 heavy (non-hydrogen) atoms. The first-order chi connectivity index (χ1) is 16.7. The van der Waals surface area contributed by atoms with Gasteiger partial charge in [0.25, 0.3) is 0 Å². The van der Waals surface area contributed by atoms with E-state index in [9.17, 15) is 9.90 Å². The number of hydrogen-bond acceptors (Lipinski definition) is 7. The van der Waals surface area contributed by atoms with Gasteiger partial charge in [0.15, 0.2) is 11.5 Å². The Labute approximate surface area is 237 Å². The van der Waals surface area contributed by atoms with Crippen molar-refractivity contribution in [1.29, 1.82) is 0 Å². The number of likely N-dealkylation sites (N-methyl/N-ethyl adjacent to an activating group) is 1. The largest absolute Gasteiger partial charge is 0.505 e. The molecule has 7 nitrogen and oxygen atoms in total. The fourth-order valence-electron chi connectivity index (χ4n) is 3.52. The lowest BCUT2D eigenvalue weighted by Crippen LogP contribution is -2.19. The van der Waals surface area contributed by atoms with E-state index < -0.39 is 0 Å². The standard InChI is InChI=1S/C26H24Cl2N4O3.2ClH/c1-15(33)20-14-29-23-6-4-16(17-11-21(27)26(34)22(28)12-17)10-19(23)25(20)31-18-5-7-24(30-13-18)35-9-8-32(2)3;;/h4-7,10-14,34H,8-9H2,1-3H3,(H,29,31);2*1H. The number of halogens is 4. The summed E-state index contributed by atoms with van der Waals surface area (Å²) in [5.74, 6) is 0.231. The van der Waals surface area contributed by atoms with Gasteiger partial charge in [0.2, 0.25) is 5.88 Å². The molecule has 4 rings (SSSR count). The molecule has 0 radical (unpaired) electrons. The molecule has 4 aromatic rings. The second-order valence-corrected chi connectivity index (χ2v) is 9.10. The SMILES string of the molecule is CC(=O)c1cnc2ccc(-c3cc(Cl)c(O)c(Cl)c3)cc2c1Nc1ccc(OCCN(C)C)nc1.Cl.Cl. The third-order valence-corrected chi connectivity index (χ3v) is 5.97. The molecular weight excluding hydrogens is 558 g/mol. The quantitative estimate of drug-likeness (QED) is 0.215. The van der Waals surface area contributed by atoms with Crippen LogP contribution < -0.4 is 10.1 Å². The van der Waals surface area contributed by atoms with Gasteiger partial charge in [0.1, 0.15) is 6.61 Å². The normalized spacial score (nSPS) is 10.5. The number of phenols is 1. The Kier molecular flexibility index (Phi) is 10.8. The Morgan fingerprint density at radius 2 is 1.70 bits per heavy atom. The average molecular weight is 584 g/mol. The molecule has 0 aliphatic heterocycles. The van der Waals surface area contributed by atoms with Crippen LogP contribution in [0, 0.1) is 0 Å².